The van der Waals surface area contributed by atoms with Gasteiger partial charge < -0.3 is 20.5 Å². The van der Waals surface area contributed by atoms with Crippen molar-refractivity contribution >= 4 is 35.6 Å². The van der Waals surface area contributed by atoms with Gasteiger partial charge in [-0.15, -0.1) is 24.0 Å². The Labute approximate surface area is 190 Å². The van der Waals surface area contributed by atoms with Gasteiger partial charge in [0.15, 0.2) is 5.96 Å². The van der Waals surface area contributed by atoms with Crippen LogP contribution < -0.4 is 15.8 Å². The minimum atomic E-state index is 0. The predicted molar refractivity (Wildman–Crippen MR) is 129 cm³/mol. The van der Waals surface area contributed by atoms with Crippen molar-refractivity contribution in [3.8, 4) is 5.75 Å². The molecule has 158 valence electrons. The van der Waals surface area contributed by atoms with Gasteiger partial charge in [-0.2, -0.15) is 0 Å². The number of rotatable bonds is 7. The lowest BCUT2D eigenvalue weighted by Gasteiger charge is -2.26. The molecule has 2 aromatic carbocycles. The molecule has 6 nitrogen and oxygen atoms in total. The topological polar surface area (TPSA) is 72.1 Å². The zero-order valence-electron chi connectivity index (χ0n) is 17.2. The summed E-state index contributed by atoms with van der Waals surface area (Å²) in [6.07, 6.45) is 0. The highest BCUT2D eigenvalue weighted by molar-refractivity contribution is 14.0. The highest BCUT2D eigenvalue weighted by Gasteiger charge is 2.09. The second-order valence-corrected chi connectivity index (χ2v) is 7.08. The van der Waals surface area contributed by atoms with Crippen LogP contribution >= 0.6 is 24.0 Å². The molecule has 2 aromatic rings. The monoisotopic (exact) mass is 510 g/mol. The van der Waals surface area contributed by atoms with Crippen LogP contribution in [0.1, 0.15) is 16.7 Å². The first kappa shape index (κ1) is 23.4. The summed E-state index contributed by atoms with van der Waals surface area (Å²) in [5.41, 5.74) is 10.5. The van der Waals surface area contributed by atoms with Gasteiger partial charge in [-0.3, -0.25) is 4.90 Å². The molecular weight excluding hydrogens is 479 g/mol. The van der Waals surface area contributed by atoms with Crippen LogP contribution in [0.2, 0.25) is 0 Å². The smallest absolute Gasteiger partial charge is 0.193 e. The minimum Gasteiger partial charge on any atom is -0.492 e. The van der Waals surface area contributed by atoms with E-state index in [9.17, 15) is 0 Å². The third kappa shape index (κ3) is 7.83. The van der Waals surface area contributed by atoms with Crippen molar-refractivity contribution in [3.63, 3.8) is 0 Å². The van der Waals surface area contributed by atoms with Crippen LogP contribution in [-0.4, -0.2) is 50.3 Å². The van der Waals surface area contributed by atoms with Crippen molar-refractivity contribution in [1.29, 1.82) is 0 Å². The summed E-state index contributed by atoms with van der Waals surface area (Å²) in [6.45, 7) is 9.84. The summed E-state index contributed by atoms with van der Waals surface area (Å²) in [6, 6.07) is 14.2. The Morgan fingerprint density at radius 3 is 2.69 bits per heavy atom. The largest absolute Gasteiger partial charge is 0.492 e. The van der Waals surface area contributed by atoms with Crippen LogP contribution in [0.3, 0.4) is 0 Å². The fourth-order valence-corrected chi connectivity index (χ4v) is 3.03. The van der Waals surface area contributed by atoms with E-state index in [2.05, 4.69) is 41.2 Å². The molecular formula is C22H31IN4O2. The number of halogens is 1. The molecule has 29 heavy (non-hydrogen) atoms. The van der Waals surface area contributed by atoms with Crippen molar-refractivity contribution < 1.29 is 9.47 Å². The lowest BCUT2D eigenvalue weighted by Crippen LogP contribution is -2.38. The molecule has 0 saturated carbocycles. The molecule has 0 amide bonds. The number of morpholine rings is 1. The maximum Gasteiger partial charge on any atom is 0.193 e. The van der Waals surface area contributed by atoms with Gasteiger partial charge in [0, 0.05) is 25.3 Å². The number of aliphatic imine (C=N–C) groups is 1. The highest BCUT2D eigenvalue weighted by atomic mass is 127. The number of benzene rings is 2. The van der Waals surface area contributed by atoms with Gasteiger partial charge in [-0.1, -0.05) is 18.2 Å². The number of anilines is 1. The number of ether oxygens (including phenoxy) is 2. The third-order valence-electron chi connectivity index (χ3n) is 4.89. The molecule has 0 radical (unpaired) electrons. The third-order valence-corrected chi connectivity index (χ3v) is 4.89. The molecule has 1 fully saturated rings. The average Bonchev–Trinajstić information content (AvgIpc) is 2.70. The number of nitrogens with two attached hydrogens (primary N) is 1. The Morgan fingerprint density at radius 1 is 1.14 bits per heavy atom. The van der Waals surface area contributed by atoms with Crippen molar-refractivity contribution in [2.45, 2.75) is 20.4 Å². The highest BCUT2D eigenvalue weighted by Crippen LogP contribution is 2.16. The lowest BCUT2D eigenvalue weighted by atomic mass is 10.1. The first-order valence-corrected chi connectivity index (χ1v) is 9.76. The van der Waals surface area contributed by atoms with E-state index in [-0.39, 0.29) is 24.0 Å². The van der Waals surface area contributed by atoms with Crippen LogP contribution in [0.4, 0.5) is 5.69 Å². The van der Waals surface area contributed by atoms with E-state index < -0.39 is 0 Å². The first-order chi connectivity index (χ1) is 13.6. The van der Waals surface area contributed by atoms with Gasteiger partial charge in [-0.05, 0) is 54.8 Å². The average molecular weight is 510 g/mol. The van der Waals surface area contributed by atoms with Gasteiger partial charge >= 0.3 is 0 Å². The summed E-state index contributed by atoms with van der Waals surface area (Å²) in [4.78, 5) is 6.80. The molecule has 0 bridgehead atoms. The number of nitrogens with zero attached hydrogens (tertiary/aromatic N) is 2. The molecule has 3 N–H and O–H groups in total. The van der Waals surface area contributed by atoms with E-state index in [1.165, 1.54) is 11.1 Å². The van der Waals surface area contributed by atoms with Crippen LogP contribution in [0.15, 0.2) is 47.5 Å². The second kappa shape index (κ2) is 12.0. The quantitative estimate of drug-likeness (QED) is 0.339. The molecule has 1 aliphatic heterocycles. The molecule has 1 aliphatic rings. The number of guanidine groups is 1. The fourth-order valence-electron chi connectivity index (χ4n) is 3.03. The molecule has 1 saturated heterocycles. The molecule has 7 heteroatoms. The van der Waals surface area contributed by atoms with Crippen molar-refractivity contribution in [1.82, 2.24) is 4.90 Å². The van der Waals surface area contributed by atoms with Crippen LogP contribution in [0, 0.1) is 13.8 Å². The summed E-state index contributed by atoms with van der Waals surface area (Å²) in [7, 11) is 0. The fraction of sp³-hybridized carbons (Fsp3) is 0.409. The van der Waals surface area contributed by atoms with Crippen molar-refractivity contribution in [2.24, 2.45) is 10.7 Å². The van der Waals surface area contributed by atoms with Gasteiger partial charge in [-0.25, -0.2) is 4.99 Å². The molecule has 0 unspecified atom stereocenters. The normalized spacial score (nSPS) is 14.9. The van der Waals surface area contributed by atoms with Crippen LogP contribution in [0.5, 0.6) is 5.75 Å². The number of aryl methyl sites for hydroxylation is 2. The minimum absolute atomic E-state index is 0. The van der Waals surface area contributed by atoms with E-state index in [1.54, 1.807) is 0 Å². The summed E-state index contributed by atoms with van der Waals surface area (Å²) >= 11 is 0. The molecule has 1 heterocycles. The van der Waals surface area contributed by atoms with Crippen LogP contribution in [0.25, 0.3) is 0 Å². The van der Waals surface area contributed by atoms with Gasteiger partial charge in [0.05, 0.1) is 19.8 Å². The van der Waals surface area contributed by atoms with E-state index in [0.29, 0.717) is 19.1 Å². The Kier molecular flexibility index (Phi) is 9.69. The van der Waals surface area contributed by atoms with Gasteiger partial charge in [0.1, 0.15) is 12.4 Å². The number of nitrogens with one attached hydrogen (secondary N) is 1. The van der Waals surface area contributed by atoms with Crippen molar-refractivity contribution in [2.75, 3.05) is 44.8 Å². The second-order valence-electron chi connectivity index (χ2n) is 7.08. The molecule has 0 aliphatic carbocycles. The summed E-state index contributed by atoms with van der Waals surface area (Å²) in [5.74, 6) is 1.27. The van der Waals surface area contributed by atoms with Crippen molar-refractivity contribution in [3.05, 3.63) is 59.2 Å². The Bertz CT molecular complexity index is 807. The molecule has 0 aromatic heterocycles. The zero-order chi connectivity index (χ0) is 19.8. The first-order valence-electron chi connectivity index (χ1n) is 9.76. The van der Waals surface area contributed by atoms with Gasteiger partial charge in [0.25, 0.3) is 0 Å². The predicted octanol–water partition coefficient (Wildman–Crippen LogP) is 3.56. The molecule has 3 rings (SSSR count). The standard InChI is InChI=1S/C22H30N4O2.HI/c1-17-6-7-20(14-18(17)2)25-22(23)24-16-19-4-3-5-21(15-19)28-13-10-26-8-11-27-12-9-26;/h3-7,14-15H,8-13,16H2,1-2H3,(H3,23,24,25);1H. The van der Waals surface area contributed by atoms with E-state index in [0.717, 1.165) is 49.8 Å². The Morgan fingerprint density at radius 2 is 1.93 bits per heavy atom. The number of hydrogen-bond donors (Lipinski definition) is 2. The van der Waals surface area contributed by atoms with Gasteiger partial charge in [0.2, 0.25) is 0 Å². The zero-order valence-corrected chi connectivity index (χ0v) is 19.5. The SMILES string of the molecule is Cc1ccc(NC(N)=NCc2cccc(OCCN3CCOCC3)c2)cc1C.I. The summed E-state index contributed by atoms with van der Waals surface area (Å²) < 4.78 is 11.3. The van der Waals surface area contributed by atoms with E-state index in [4.69, 9.17) is 15.2 Å². The summed E-state index contributed by atoms with van der Waals surface area (Å²) in [5, 5.41) is 3.15. The maximum atomic E-state index is 6.03. The maximum absolute atomic E-state index is 6.03. The van der Waals surface area contributed by atoms with Crippen LogP contribution in [-0.2, 0) is 11.3 Å². The molecule has 0 spiro atoms. The van der Waals surface area contributed by atoms with E-state index in [1.807, 2.05) is 30.3 Å². The Balaban J connectivity index is 0.00000300. The Hall–Kier alpha value is -1.84. The van der Waals surface area contributed by atoms with E-state index >= 15 is 0 Å². The molecule has 0 atom stereocenters. The number of hydrogen-bond acceptors (Lipinski definition) is 4. The lowest BCUT2D eigenvalue weighted by molar-refractivity contribution is 0.0322.